The maximum Gasteiger partial charge on any atom is 0.208 e. The summed E-state index contributed by atoms with van der Waals surface area (Å²) in [5, 5.41) is 0. The van der Waals surface area contributed by atoms with Crippen molar-refractivity contribution in [2.75, 3.05) is 19.0 Å². The van der Waals surface area contributed by atoms with E-state index in [1.54, 1.807) is 0 Å². The molecule has 3 nitrogen and oxygen atoms in total. The number of para-hydroxylation sites is 1. The zero-order valence-corrected chi connectivity index (χ0v) is 18.9. The maximum absolute atomic E-state index is 6.19. The molecule has 0 atom stereocenters. The molecule has 0 unspecified atom stereocenters. The molecule has 1 aliphatic rings. The molecule has 0 bridgehead atoms. The Hall–Kier alpha value is -3.85. The monoisotopic (exact) mass is 421 g/mol. The summed E-state index contributed by atoms with van der Waals surface area (Å²) in [7, 11) is 4.10. The first kappa shape index (κ1) is 21.4. The molecule has 160 valence electrons. The molecule has 0 spiro atoms. The van der Waals surface area contributed by atoms with Crippen molar-refractivity contribution in [3.05, 3.63) is 120 Å². The zero-order chi connectivity index (χ0) is 22.3. The molecule has 0 saturated heterocycles. The van der Waals surface area contributed by atoms with Gasteiger partial charge in [-0.05, 0) is 48.4 Å². The molecular formula is C29H29N2O+. The van der Waals surface area contributed by atoms with Crippen LogP contribution in [0.25, 0.3) is 17.7 Å². The van der Waals surface area contributed by atoms with Gasteiger partial charge in [-0.3, -0.25) is 0 Å². The largest absolute Gasteiger partial charge is 0.456 e. The highest BCUT2D eigenvalue weighted by atomic mass is 16.5. The van der Waals surface area contributed by atoms with Gasteiger partial charge in [0.05, 0.1) is 6.08 Å². The van der Waals surface area contributed by atoms with Crippen molar-refractivity contribution in [1.82, 2.24) is 0 Å². The van der Waals surface area contributed by atoms with Gasteiger partial charge < -0.3 is 9.64 Å². The SMILES string of the molecule is CC[n+]1ccccc1C=C1C=C(C=CC=Cc2ccc(N(C)C)cc2)c2ccccc2O1. The number of hydrogen-bond acceptors (Lipinski definition) is 2. The van der Waals surface area contributed by atoms with Crippen LogP contribution in [-0.2, 0) is 6.54 Å². The molecule has 1 aromatic heterocycles. The van der Waals surface area contributed by atoms with E-state index in [0.717, 1.165) is 34.9 Å². The number of ether oxygens (including phenoxy) is 1. The van der Waals surface area contributed by atoms with E-state index in [9.17, 15) is 0 Å². The lowest BCUT2D eigenvalue weighted by Crippen LogP contribution is -2.35. The van der Waals surface area contributed by atoms with E-state index in [1.165, 1.54) is 11.3 Å². The minimum Gasteiger partial charge on any atom is -0.456 e. The molecule has 0 saturated carbocycles. The number of benzene rings is 2. The third-order valence-corrected chi connectivity index (χ3v) is 5.42. The number of anilines is 1. The van der Waals surface area contributed by atoms with Gasteiger partial charge in [0.25, 0.3) is 0 Å². The number of rotatable bonds is 6. The van der Waals surface area contributed by atoms with Crippen LogP contribution in [0.1, 0.15) is 23.7 Å². The fraction of sp³-hybridized carbons (Fsp3) is 0.138. The molecule has 32 heavy (non-hydrogen) atoms. The molecule has 3 heteroatoms. The third kappa shape index (κ3) is 5.06. The first-order valence-electron chi connectivity index (χ1n) is 11.0. The molecule has 4 rings (SSSR count). The van der Waals surface area contributed by atoms with Crippen LogP contribution < -0.4 is 14.2 Å². The van der Waals surface area contributed by atoms with Crippen LogP contribution >= 0.6 is 0 Å². The lowest BCUT2D eigenvalue weighted by atomic mass is 10.0. The summed E-state index contributed by atoms with van der Waals surface area (Å²) in [6.45, 7) is 3.05. The maximum atomic E-state index is 6.19. The van der Waals surface area contributed by atoms with Crippen molar-refractivity contribution in [3.8, 4) is 5.75 Å². The normalized spacial score (nSPS) is 14.5. The molecule has 0 amide bonds. The summed E-state index contributed by atoms with van der Waals surface area (Å²) in [6.07, 6.45) is 14.7. The van der Waals surface area contributed by atoms with E-state index in [1.807, 2.05) is 24.3 Å². The Morgan fingerprint density at radius 3 is 2.41 bits per heavy atom. The van der Waals surface area contributed by atoms with Gasteiger partial charge in [0.15, 0.2) is 6.20 Å². The highest BCUT2D eigenvalue weighted by Crippen LogP contribution is 2.34. The highest BCUT2D eigenvalue weighted by molar-refractivity contribution is 5.82. The van der Waals surface area contributed by atoms with Crippen LogP contribution in [0.3, 0.4) is 0 Å². The Morgan fingerprint density at radius 2 is 1.62 bits per heavy atom. The summed E-state index contributed by atoms with van der Waals surface area (Å²) >= 11 is 0. The number of pyridine rings is 1. The second-order valence-electron chi connectivity index (χ2n) is 7.86. The molecule has 0 fully saturated rings. The van der Waals surface area contributed by atoms with E-state index < -0.39 is 0 Å². The topological polar surface area (TPSA) is 16.4 Å². The molecule has 2 heterocycles. The lowest BCUT2D eigenvalue weighted by molar-refractivity contribution is -0.695. The predicted molar refractivity (Wildman–Crippen MR) is 134 cm³/mol. The number of nitrogens with zero attached hydrogens (tertiary/aromatic N) is 2. The number of aryl methyl sites for hydroxylation is 1. The van der Waals surface area contributed by atoms with Gasteiger partial charge in [-0.25, -0.2) is 0 Å². The van der Waals surface area contributed by atoms with Crippen molar-refractivity contribution in [3.63, 3.8) is 0 Å². The van der Waals surface area contributed by atoms with Crippen LogP contribution in [0.5, 0.6) is 5.75 Å². The van der Waals surface area contributed by atoms with Crippen LogP contribution in [-0.4, -0.2) is 14.1 Å². The average Bonchev–Trinajstić information content (AvgIpc) is 2.82. The Kier molecular flexibility index (Phi) is 6.66. The Morgan fingerprint density at radius 1 is 0.875 bits per heavy atom. The van der Waals surface area contributed by atoms with Gasteiger partial charge >= 0.3 is 0 Å². The summed E-state index contributed by atoms with van der Waals surface area (Å²) in [6, 6.07) is 22.9. The number of aromatic nitrogens is 1. The van der Waals surface area contributed by atoms with Gasteiger partial charge in [0.1, 0.15) is 18.1 Å². The molecule has 1 aliphatic heterocycles. The van der Waals surface area contributed by atoms with Crippen molar-refractivity contribution in [2.24, 2.45) is 0 Å². The summed E-state index contributed by atoms with van der Waals surface area (Å²) in [5.74, 6) is 1.71. The molecular weight excluding hydrogens is 392 g/mol. The Bertz CT molecular complexity index is 1200. The van der Waals surface area contributed by atoms with Crippen molar-refractivity contribution < 1.29 is 9.30 Å². The van der Waals surface area contributed by atoms with Crippen LogP contribution in [0.4, 0.5) is 5.69 Å². The van der Waals surface area contributed by atoms with Gasteiger partial charge in [-0.2, -0.15) is 4.57 Å². The minimum atomic E-state index is 0.833. The molecule has 0 radical (unpaired) electrons. The predicted octanol–water partition coefficient (Wildman–Crippen LogP) is 6.15. The zero-order valence-electron chi connectivity index (χ0n) is 18.9. The molecule has 2 aromatic carbocycles. The third-order valence-electron chi connectivity index (χ3n) is 5.42. The van der Waals surface area contributed by atoms with E-state index in [2.05, 4.69) is 116 Å². The Balaban J connectivity index is 1.59. The van der Waals surface area contributed by atoms with Crippen LogP contribution in [0.15, 0.2) is 103 Å². The standard InChI is InChI=1S/C29H29N2O/c1-4-31-20-10-9-13-26(31)22-27-21-24(28-14-7-8-15-29(28)32-27)12-6-5-11-23-16-18-25(19-17-23)30(2)3/h5-22H,4H2,1-3H3/q+1. The number of hydrogen-bond donors (Lipinski definition) is 0. The molecule has 3 aromatic rings. The quantitative estimate of drug-likeness (QED) is 0.351. The van der Waals surface area contributed by atoms with Crippen molar-refractivity contribution >= 4 is 23.4 Å². The van der Waals surface area contributed by atoms with Gasteiger partial charge in [-0.15, -0.1) is 0 Å². The number of fused-ring (bicyclic) bond motifs is 1. The van der Waals surface area contributed by atoms with E-state index in [4.69, 9.17) is 4.74 Å². The average molecular weight is 422 g/mol. The van der Waals surface area contributed by atoms with E-state index >= 15 is 0 Å². The molecule has 0 aliphatic carbocycles. The fourth-order valence-electron chi connectivity index (χ4n) is 3.65. The summed E-state index contributed by atoms with van der Waals surface area (Å²) in [5.41, 5.74) is 5.72. The first-order chi connectivity index (χ1) is 15.6. The second kappa shape index (κ2) is 9.97. The fourth-order valence-corrected chi connectivity index (χ4v) is 3.65. The van der Waals surface area contributed by atoms with Crippen LogP contribution in [0, 0.1) is 0 Å². The summed E-state index contributed by atoms with van der Waals surface area (Å²) < 4.78 is 8.39. The summed E-state index contributed by atoms with van der Waals surface area (Å²) in [4.78, 5) is 2.10. The first-order valence-corrected chi connectivity index (χ1v) is 11.0. The van der Waals surface area contributed by atoms with Gasteiger partial charge in [0, 0.05) is 37.5 Å². The van der Waals surface area contributed by atoms with Gasteiger partial charge in [0.2, 0.25) is 5.69 Å². The van der Waals surface area contributed by atoms with Crippen molar-refractivity contribution in [2.45, 2.75) is 13.5 Å². The van der Waals surface area contributed by atoms with E-state index in [0.29, 0.717) is 0 Å². The van der Waals surface area contributed by atoms with Crippen LogP contribution in [0.2, 0.25) is 0 Å². The van der Waals surface area contributed by atoms with Crippen molar-refractivity contribution in [1.29, 1.82) is 0 Å². The second-order valence-corrected chi connectivity index (χ2v) is 7.86. The highest BCUT2D eigenvalue weighted by Gasteiger charge is 2.16. The Labute approximate surface area is 190 Å². The minimum absolute atomic E-state index is 0.833. The number of allylic oxidation sites excluding steroid dienone is 5. The lowest BCUT2D eigenvalue weighted by Gasteiger charge is -2.18. The molecule has 0 N–H and O–H groups in total. The van der Waals surface area contributed by atoms with E-state index in [-0.39, 0.29) is 0 Å². The smallest absolute Gasteiger partial charge is 0.208 e. The van der Waals surface area contributed by atoms with Gasteiger partial charge in [-0.1, -0.05) is 54.6 Å².